The van der Waals surface area contributed by atoms with Crippen LogP contribution < -0.4 is 4.74 Å². The number of nitrogens with zero attached hydrogens (tertiary/aromatic N) is 3. The number of tetrazole rings is 1. The van der Waals surface area contributed by atoms with Crippen LogP contribution in [0.5, 0.6) is 5.75 Å². The molecule has 0 bridgehead atoms. The summed E-state index contributed by atoms with van der Waals surface area (Å²) in [5, 5.41) is 12.4. The van der Waals surface area contributed by atoms with Crippen molar-refractivity contribution >= 4 is 11.6 Å². The van der Waals surface area contributed by atoms with Gasteiger partial charge in [-0.25, -0.2) is 0 Å². The number of furan rings is 1. The molecule has 0 aliphatic carbocycles. The van der Waals surface area contributed by atoms with Crippen LogP contribution in [0.2, 0.25) is 0 Å². The SMILES string of the molecule is COc1ccc(Cc2ccc(CC(=O)C(=O)c3nn[nH]n3)o2)cc1. The van der Waals surface area contributed by atoms with Gasteiger partial charge < -0.3 is 9.15 Å². The van der Waals surface area contributed by atoms with Crippen molar-refractivity contribution in [2.75, 3.05) is 7.11 Å². The Morgan fingerprint density at radius 2 is 1.88 bits per heavy atom. The molecule has 0 radical (unpaired) electrons. The van der Waals surface area contributed by atoms with Gasteiger partial charge in [-0.05, 0) is 35.0 Å². The van der Waals surface area contributed by atoms with E-state index in [2.05, 4.69) is 20.6 Å². The van der Waals surface area contributed by atoms with Crippen molar-refractivity contribution in [2.24, 2.45) is 0 Å². The van der Waals surface area contributed by atoms with Crippen LogP contribution in [0.25, 0.3) is 0 Å². The van der Waals surface area contributed by atoms with Crippen molar-refractivity contribution in [1.82, 2.24) is 20.6 Å². The molecule has 0 amide bonds. The number of Topliss-reactive ketones (excluding diaryl/α,β-unsaturated/α-hetero) is 2. The highest BCUT2D eigenvalue weighted by molar-refractivity contribution is 6.42. The largest absolute Gasteiger partial charge is 0.497 e. The van der Waals surface area contributed by atoms with E-state index >= 15 is 0 Å². The highest BCUT2D eigenvalue weighted by Gasteiger charge is 2.22. The molecule has 8 heteroatoms. The Balaban J connectivity index is 1.62. The minimum absolute atomic E-state index is 0.143. The van der Waals surface area contributed by atoms with Gasteiger partial charge in [0.1, 0.15) is 17.3 Å². The fourth-order valence-corrected chi connectivity index (χ4v) is 2.18. The highest BCUT2D eigenvalue weighted by atomic mass is 16.5. The van der Waals surface area contributed by atoms with Gasteiger partial charge in [0.25, 0.3) is 5.78 Å². The fraction of sp³-hybridized carbons (Fsp3) is 0.188. The number of ether oxygens (including phenoxy) is 1. The van der Waals surface area contributed by atoms with E-state index in [0.29, 0.717) is 17.9 Å². The van der Waals surface area contributed by atoms with Crippen molar-refractivity contribution < 1.29 is 18.7 Å². The minimum Gasteiger partial charge on any atom is -0.497 e. The summed E-state index contributed by atoms with van der Waals surface area (Å²) in [4.78, 5) is 23.7. The third kappa shape index (κ3) is 3.54. The Morgan fingerprint density at radius 1 is 1.12 bits per heavy atom. The third-order valence-corrected chi connectivity index (χ3v) is 3.39. The van der Waals surface area contributed by atoms with Gasteiger partial charge in [0, 0.05) is 6.42 Å². The number of methoxy groups -OCH3 is 1. The van der Waals surface area contributed by atoms with Crippen LogP contribution in [-0.2, 0) is 17.6 Å². The standard InChI is InChI=1S/C16H14N4O4/c1-23-11-4-2-10(3-5-11)8-12-6-7-13(24-12)9-14(21)15(22)16-17-19-20-18-16/h2-7H,8-9H2,1H3,(H,17,18,19,20). The number of aromatic amines is 1. The zero-order valence-electron chi connectivity index (χ0n) is 12.9. The summed E-state index contributed by atoms with van der Waals surface area (Å²) >= 11 is 0. The van der Waals surface area contributed by atoms with Crippen molar-refractivity contribution in [3.8, 4) is 5.75 Å². The number of benzene rings is 1. The Morgan fingerprint density at radius 3 is 2.54 bits per heavy atom. The predicted octanol–water partition coefficient (Wildman–Crippen LogP) is 1.39. The summed E-state index contributed by atoms with van der Waals surface area (Å²) in [5.41, 5.74) is 1.05. The van der Waals surface area contributed by atoms with Crippen LogP contribution in [0.3, 0.4) is 0 Å². The van der Waals surface area contributed by atoms with Gasteiger partial charge in [0.2, 0.25) is 11.6 Å². The molecule has 0 unspecified atom stereocenters. The van der Waals surface area contributed by atoms with Gasteiger partial charge >= 0.3 is 0 Å². The molecular weight excluding hydrogens is 312 g/mol. The lowest BCUT2D eigenvalue weighted by atomic mass is 10.1. The van der Waals surface area contributed by atoms with E-state index in [4.69, 9.17) is 9.15 Å². The summed E-state index contributed by atoms with van der Waals surface area (Å²) in [7, 11) is 1.61. The average Bonchev–Trinajstić information content (AvgIpc) is 3.27. The molecule has 0 aliphatic rings. The number of aromatic nitrogens is 4. The Labute approximate surface area is 136 Å². The molecule has 0 spiro atoms. The first-order chi connectivity index (χ1) is 11.7. The van der Waals surface area contributed by atoms with Gasteiger partial charge in [-0.2, -0.15) is 5.21 Å². The number of nitrogens with one attached hydrogen (secondary N) is 1. The molecule has 24 heavy (non-hydrogen) atoms. The van der Waals surface area contributed by atoms with Crippen LogP contribution in [0.4, 0.5) is 0 Å². The number of ketones is 2. The lowest BCUT2D eigenvalue weighted by molar-refractivity contribution is -0.114. The number of rotatable bonds is 7. The summed E-state index contributed by atoms with van der Waals surface area (Å²) in [6.07, 6.45) is 0.437. The van der Waals surface area contributed by atoms with Crippen molar-refractivity contribution in [1.29, 1.82) is 0 Å². The molecule has 122 valence electrons. The first kappa shape index (κ1) is 15.6. The summed E-state index contributed by atoms with van der Waals surface area (Å²) < 4.78 is 10.7. The van der Waals surface area contributed by atoms with Gasteiger partial charge in [-0.1, -0.05) is 12.1 Å². The second kappa shape index (κ2) is 6.86. The molecule has 2 aromatic heterocycles. The molecule has 2 heterocycles. The zero-order chi connectivity index (χ0) is 16.9. The molecule has 0 fully saturated rings. The molecule has 0 saturated carbocycles. The Bertz CT molecular complexity index is 837. The van der Waals surface area contributed by atoms with Crippen molar-refractivity contribution in [2.45, 2.75) is 12.8 Å². The Hall–Kier alpha value is -3.29. The van der Waals surface area contributed by atoms with E-state index in [1.54, 1.807) is 19.2 Å². The van der Waals surface area contributed by atoms with E-state index in [-0.39, 0.29) is 12.2 Å². The molecule has 0 atom stereocenters. The average molecular weight is 326 g/mol. The van der Waals surface area contributed by atoms with Gasteiger partial charge in [-0.3, -0.25) is 9.59 Å². The molecule has 1 N–H and O–H groups in total. The fourth-order valence-electron chi connectivity index (χ4n) is 2.18. The van der Waals surface area contributed by atoms with E-state index in [9.17, 15) is 9.59 Å². The maximum atomic E-state index is 11.9. The molecule has 3 rings (SSSR count). The molecule has 0 aliphatic heterocycles. The summed E-state index contributed by atoms with van der Waals surface area (Å²) in [6, 6.07) is 11.1. The van der Waals surface area contributed by atoms with Crippen LogP contribution in [0.15, 0.2) is 40.8 Å². The maximum absolute atomic E-state index is 11.9. The quantitative estimate of drug-likeness (QED) is 0.516. The molecule has 1 aromatic carbocycles. The van der Waals surface area contributed by atoms with E-state index < -0.39 is 11.6 Å². The second-order valence-electron chi connectivity index (χ2n) is 5.06. The van der Waals surface area contributed by atoms with Crippen molar-refractivity contribution in [3.05, 3.63) is 59.3 Å². The second-order valence-corrected chi connectivity index (χ2v) is 5.06. The Kier molecular flexibility index (Phi) is 4.46. The number of H-pyrrole nitrogens is 1. The normalized spacial score (nSPS) is 10.5. The van der Waals surface area contributed by atoms with Crippen LogP contribution in [0.1, 0.15) is 27.7 Å². The third-order valence-electron chi connectivity index (χ3n) is 3.39. The van der Waals surface area contributed by atoms with E-state index in [1.165, 1.54) is 0 Å². The number of carbonyl (C=O) groups is 2. The van der Waals surface area contributed by atoms with Gasteiger partial charge in [-0.15, -0.1) is 10.2 Å². The monoisotopic (exact) mass is 326 g/mol. The van der Waals surface area contributed by atoms with Crippen LogP contribution in [0, 0.1) is 0 Å². The van der Waals surface area contributed by atoms with E-state index in [0.717, 1.165) is 11.3 Å². The van der Waals surface area contributed by atoms with Crippen LogP contribution in [-0.4, -0.2) is 39.3 Å². The lowest BCUT2D eigenvalue weighted by Crippen LogP contribution is -2.18. The number of carbonyl (C=O) groups excluding carboxylic acids is 2. The van der Waals surface area contributed by atoms with Gasteiger partial charge in [0.05, 0.1) is 13.5 Å². The first-order valence-electron chi connectivity index (χ1n) is 7.17. The van der Waals surface area contributed by atoms with Crippen LogP contribution >= 0.6 is 0 Å². The topological polar surface area (TPSA) is 111 Å². The van der Waals surface area contributed by atoms with E-state index in [1.807, 2.05) is 24.3 Å². The molecule has 0 saturated heterocycles. The maximum Gasteiger partial charge on any atom is 0.269 e. The molecule has 8 nitrogen and oxygen atoms in total. The van der Waals surface area contributed by atoms with Crippen molar-refractivity contribution in [3.63, 3.8) is 0 Å². The lowest BCUT2D eigenvalue weighted by Gasteiger charge is -2.01. The smallest absolute Gasteiger partial charge is 0.269 e. The molecular formula is C16H14N4O4. The highest BCUT2D eigenvalue weighted by Crippen LogP contribution is 2.17. The first-order valence-corrected chi connectivity index (χ1v) is 7.17. The minimum atomic E-state index is -0.795. The zero-order valence-corrected chi connectivity index (χ0v) is 12.9. The number of hydrogen-bond acceptors (Lipinski definition) is 7. The summed E-state index contributed by atoms with van der Waals surface area (Å²) in [5.74, 6) is 0.211. The summed E-state index contributed by atoms with van der Waals surface area (Å²) in [6.45, 7) is 0. The molecule has 3 aromatic rings. The predicted molar refractivity (Wildman–Crippen MR) is 81.7 cm³/mol. The number of hydrogen-bond donors (Lipinski definition) is 1. The van der Waals surface area contributed by atoms with Gasteiger partial charge in [0.15, 0.2) is 0 Å².